The van der Waals surface area contributed by atoms with Crippen molar-refractivity contribution in [3.8, 4) is 0 Å². The van der Waals surface area contributed by atoms with E-state index in [-0.39, 0.29) is 11.9 Å². The number of carbonyl (C=O) groups excluding carboxylic acids is 1. The molecule has 7 nitrogen and oxygen atoms in total. The zero-order valence-corrected chi connectivity index (χ0v) is 21.9. The van der Waals surface area contributed by atoms with Crippen LogP contribution in [0.15, 0.2) is 47.6 Å². The summed E-state index contributed by atoms with van der Waals surface area (Å²) >= 11 is 5.95. The number of carbonyl (C=O) groups is 1. The van der Waals surface area contributed by atoms with Gasteiger partial charge in [0.05, 0.1) is 5.56 Å². The predicted octanol–water partition coefficient (Wildman–Crippen LogP) is 6.52. The molecule has 2 aliphatic rings. The van der Waals surface area contributed by atoms with E-state index in [2.05, 4.69) is 20.7 Å². The smallest absolute Gasteiger partial charge is 0.382 e. The molecule has 0 aliphatic carbocycles. The standard InChI is InChI=1S/C27H33ClF3N5O2/c28-19-3-5-20(6-4-19)32-21-9-14-35(15-10-21)13-1-2-26(37)36-16-11-22(12-17-36)33-23-7-8-25(34-38)24(18-23)27(29,30)31/h3-8,18,21-22,32-33H,1-2,9-17H2. The molecule has 4 rings (SSSR count). The Bertz CT molecular complexity index is 1080. The first kappa shape index (κ1) is 28.2. The molecule has 2 aromatic carbocycles. The first-order chi connectivity index (χ1) is 18.2. The van der Waals surface area contributed by atoms with Crippen molar-refractivity contribution in [3.05, 3.63) is 58.0 Å². The number of halogens is 4. The number of likely N-dealkylation sites (tertiary alicyclic amines) is 2. The van der Waals surface area contributed by atoms with Gasteiger partial charge in [-0.15, -0.1) is 4.91 Å². The molecule has 0 bridgehead atoms. The lowest BCUT2D eigenvalue weighted by molar-refractivity contribution is -0.137. The molecule has 0 saturated carbocycles. The van der Waals surface area contributed by atoms with Crippen molar-refractivity contribution >= 4 is 34.6 Å². The molecule has 0 spiro atoms. The lowest BCUT2D eigenvalue weighted by Crippen LogP contribution is -2.43. The van der Waals surface area contributed by atoms with E-state index in [0.29, 0.717) is 44.1 Å². The van der Waals surface area contributed by atoms with E-state index in [1.807, 2.05) is 29.2 Å². The van der Waals surface area contributed by atoms with Crippen molar-refractivity contribution in [1.29, 1.82) is 0 Å². The fraction of sp³-hybridized carbons (Fsp3) is 0.519. The van der Waals surface area contributed by atoms with Gasteiger partial charge in [-0.3, -0.25) is 4.79 Å². The minimum Gasteiger partial charge on any atom is -0.382 e. The Morgan fingerprint density at radius 2 is 1.50 bits per heavy atom. The number of piperidine rings is 2. The average Bonchev–Trinajstić information content (AvgIpc) is 2.91. The summed E-state index contributed by atoms with van der Waals surface area (Å²) in [5, 5.41) is 9.88. The summed E-state index contributed by atoms with van der Waals surface area (Å²) < 4.78 is 39.5. The highest BCUT2D eigenvalue weighted by Gasteiger charge is 2.34. The van der Waals surface area contributed by atoms with Crippen LogP contribution in [-0.2, 0) is 11.0 Å². The number of nitroso groups, excluding NO2 is 1. The molecule has 2 aliphatic heterocycles. The van der Waals surface area contributed by atoms with E-state index in [1.165, 1.54) is 6.07 Å². The molecule has 2 N–H and O–H groups in total. The van der Waals surface area contributed by atoms with Gasteiger partial charge < -0.3 is 20.4 Å². The largest absolute Gasteiger partial charge is 0.418 e. The quantitative estimate of drug-likeness (QED) is 0.347. The maximum atomic E-state index is 13.2. The van der Waals surface area contributed by atoms with Crippen LogP contribution in [0.3, 0.4) is 0 Å². The lowest BCUT2D eigenvalue weighted by Gasteiger charge is -2.34. The van der Waals surface area contributed by atoms with Crippen LogP contribution in [0.2, 0.25) is 5.02 Å². The molecule has 0 radical (unpaired) electrons. The molecular formula is C27H33ClF3N5O2. The SMILES string of the molecule is O=Nc1ccc(NC2CCN(C(=O)CCCN3CCC(Nc4ccc(Cl)cc4)CC3)CC2)cc1C(F)(F)F. The number of rotatable bonds is 9. The Balaban J connectivity index is 1.13. The van der Waals surface area contributed by atoms with Gasteiger partial charge in [0.2, 0.25) is 5.91 Å². The van der Waals surface area contributed by atoms with Gasteiger partial charge in [0.15, 0.2) is 0 Å². The number of nitrogens with one attached hydrogen (secondary N) is 2. The third kappa shape index (κ3) is 7.83. The van der Waals surface area contributed by atoms with Gasteiger partial charge >= 0.3 is 6.18 Å². The molecule has 2 saturated heterocycles. The summed E-state index contributed by atoms with van der Waals surface area (Å²) in [6.07, 6.45) is 0.0520. The van der Waals surface area contributed by atoms with Crippen LogP contribution in [0.5, 0.6) is 0 Å². The van der Waals surface area contributed by atoms with Crippen LogP contribution in [-0.4, -0.2) is 60.5 Å². The molecule has 0 aromatic heterocycles. The molecule has 2 aromatic rings. The summed E-state index contributed by atoms with van der Waals surface area (Å²) in [6, 6.07) is 11.6. The summed E-state index contributed by atoms with van der Waals surface area (Å²) in [6.45, 7) is 4.02. The predicted molar refractivity (Wildman–Crippen MR) is 144 cm³/mol. The number of amides is 1. The van der Waals surface area contributed by atoms with Crippen molar-refractivity contribution in [3.63, 3.8) is 0 Å². The van der Waals surface area contributed by atoms with Gasteiger partial charge in [0.25, 0.3) is 0 Å². The van der Waals surface area contributed by atoms with E-state index in [1.54, 1.807) is 0 Å². The van der Waals surface area contributed by atoms with E-state index < -0.39 is 17.4 Å². The summed E-state index contributed by atoms with van der Waals surface area (Å²) in [5.41, 5.74) is -0.298. The summed E-state index contributed by atoms with van der Waals surface area (Å²) in [7, 11) is 0. The number of hydrogen-bond donors (Lipinski definition) is 2. The van der Waals surface area contributed by atoms with Gasteiger partial charge in [-0.2, -0.15) is 13.2 Å². The topological polar surface area (TPSA) is 77.0 Å². The highest BCUT2D eigenvalue weighted by Crippen LogP contribution is 2.38. The van der Waals surface area contributed by atoms with Crippen molar-refractivity contribution in [2.45, 2.75) is 56.8 Å². The van der Waals surface area contributed by atoms with E-state index in [0.717, 1.165) is 61.7 Å². The lowest BCUT2D eigenvalue weighted by atomic mass is 10.0. The second-order valence-electron chi connectivity index (χ2n) is 9.99. The Labute approximate surface area is 225 Å². The number of alkyl halides is 3. The van der Waals surface area contributed by atoms with E-state index in [9.17, 15) is 22.9 Å². The molecule has 0 atom stereocenters. The molecule has 2 fully saturated rings. The molecule has 11 heteroatoms. The zero-order valence-electron chi connectivity index (χ0n) is 21.1. The third-order valence-electron chi connectivity index (χ3n) is 7.29. The monoisotopic (exact) mass is 551 g/mol. The fourth-order valence-corrected chi connectivity index (χ4v) is 5.26. The van der Waals surface area contributed by atoms with Gasteiger partial charge in [0, 0.05) is 61.1 Å². The highest BCUT2D eigenvalue weighted by atomic mass is 35.5. The van der Waals surface area contributed by atoms with Crippen molar-refractivity contribution in [2.24, 2.45) is 5.18 Å². The van der Waals surface area contributed by atoms with Crippen LogP contribution in [0.1, 0.15) is 44.1 Å². The maximum absolute atomic E-state index is 13.2. The fourth-order valence-electron chi connectivity index (χ4n) is 5.14. The van der Waals surface area contributed by atoms with Crippen molar-refractivity contribution < 1.29 is 18.0 Å². The second-order valence-corrected chi connectivity index (χ2v) is 10.4. The summed E-state index contributed by atoms with van der Waals surface area (Å²) in [5.74, 6) is 0.128. The van der Waals surface area contributed by atoms with Gasteiger partial charge in [0.1, 0.15) is 5.69 Å². The Hall–Kier alpha value is -2.85. The molecule has 2 heterocycles. The van der Waals surface area contributed by atoms with Crippen LogP contribution >= 0.6 is 11.6 Å². The minimum atomic E-state index is -4.65. The van der Waals surface area contributed by atoms with Crippen LogP contribution in [0.25, 0.3) is 0 Å². The molecule has 206 valence electrons. The third-order valence-corrected chi connectivity index (χ3v) is 7.54. The zero-order chi connectivity index (χ0) is 27.1. The first-order valence-electron chi connectivity index (χ1n) is 13.0. The van der Waals surface area contributed by atoms with E-state index >= 15 is 0 Å². The van der Waals surface area contributed by atoms with Gasteiger partial charge in [-0.25, -0.2) is 0 Å². The molecule has 0 unspecified atom stereocenters. The minimum absolute atomic E-state index is 0.0436. The first-order valence-corrected chi connectivity index (χ1v) is 13.4. The Kier molecular flexibility index (Phi) is 9.49. The van der Waals surface area contributed by atoms with E-state index in [4.69, 9.17) is 11.6 Å². The number of anilines is 2. The van der Waals surface area contributed by atoms with Crippen LogP contribution in [0, 0.1) is 4.91 Å². The van der Waals surface area contributed by atoms with Gasteiger partial charge in [-0.1, -0.05) is 11.6 Å². The van der Waals surface area contributed by atoms with Crippen LogP contribution in [0.4, 0.5) is 30.2 Å². The molecule has 38 heavy (non-hydrogen) atoms. The normalized spacial score (nSPS) is 17.8. The Morgan fingerprint density at radius 1 is 0.921 bits per heavy atom. The molecular weight excluding hydrogens is 519 g/mol. The van der Waals surface area contributed by atoms with Crippen molar-refractivity contribution in [1.82, 2.24) is 9.80 Å². The summed E-state index contributed by atoms with van der Waals surface area (Å²) in [4.78, 5) is 27.7. The highest BCUT2D eigenvalue weighted by molar-refractivity contribution is 6.30. The molecule has 1 amide bonds. The average molecular weight is 552 g/mol. The maximum Gasteiger partial charge on any atom is 0.418 e. The van der Waals surface area contributed by atoms with Crippen LogP contribution < -0.4 is 10.6 Å². The number of benzene rings is 2. The number of nitrogens with zero attached hydrogens (tertiary/aromatic N) is 3. The Morgan fingerprint density at radius 3 is 2.11 bits per heavy atom. The van der Waals surface area contributed by atoms with Crippen molar-refractivity contribution in [2.75, 3.05) is 43.4 Å². The van der Waals surface area contributed by atoms with Gasteiger partial charge in [-0.05, 0) is 86.3 Å². The second kappa shape index (κ2) is 12.8. The number of hydrogen-bond acceptors (Lipinski definition) is 6.